The third-order valence-electron chi connectivity index (χ3n) is 4.61. The summed E-state index contributed by atoms with van der Waals surface area (Å²) in [6.45, 7) is 6.74. The Kier molecular flexibility index (Phi) is 4.84. The summed E-state index contributed by atoms with van der Waals surface area (Å²) in [4.78, 5) is 12.1. The van der Waals surface area contributed by atoms with Crippen LogP contribution in [0.1, 0.15) is 39.3 Å². The van der Waals surface area contributed by atoms with Crippen LogP contribution in [0.15, 0.2) is 36.4 Å². The maximum Gasteiger partial charge on any atom is 0.410 e. The maximum atomic E-state index is 14.2. The van der Waals surface area contributed by atoms with Crippen molar-refractivity contribution in [2.24, 2.45) is 5.41 Å². The number of hydrazine groups is 1. The first-order valence-electron chi connectivity index (χ1n) is 8.83. The molecule has 0 spiro atoms. The first-order valence-corrected chi connectivity index (χ1v) is 8.83. The van der Waals surface area contributed by atoms with Crippen molar-refractivity contribution < 1.29 is 22.7 Å². The van der Waals surface area contributed by atoms with Crippen LogP contribution in [-0.4, -0.2) is 29.7 Å². The van der Waals surface area contributed by atoms with Gasteiger partial charge in [-0.3, -0.25) is 10.2 Å². The lowest BCUT2D eigenvalue weighted by molar-refractivity contribution is -0.191. The maximum absolute atomic E-state index is 14.2. The van der Waals surface area contributed by atoms with Gasteiger partial charge in [0.15, 0.2) is 6.04 Å². The zero-order valence-electron chi connectivity index (χ0n) is 15.7. The van der Waals surface area contributed by atoms with Crippen molar-refractivity contribution in [2.45, 2.75) is 46.0 Å². The molecule has 2 aromatic rings. The summed E-state index contributed by atoms with van der Waals surface area (Å²) >= 11 is 0. The Morgan fingerprint density at radius 2 is 1.81 bits per heavy atom. The summed E-state index contributed by atoms with van der Waals surface area (Å²) in [6.07, 6.45) is -4.89. The second-order valence-corrected chi connectivity index (χ2v) is 7.76. The number of fused-ring (bicyclic) bond motifs is 1. The van der Waals surface area contributed by atoms with Crippen LogP contribution in [0, 0.1) is 5.41 Å². The standard InChI is InChI=1S/C20H23F3N2O2/c1-12(2)27-15-10-9-13-7-5-6-8-14(13)16(15)17(20(21,22)23)25-11-19(3,4)18(26)24-25/h5-10,12,17H,11H2,1-4H3,(H,24,26)/t17-/m0/s1. The average Bonchev–Trinajstić information content (AvgIpc) is 2.80. The predicted molar refractivity (Wildman–Crippen MR) is 97.1 cm³/mol. The van der Waals surface area contributed by atoms with Crippen LogP contribution < -0.4 is 10.2 Å². The number of nitrogens with one attached hydrogen (secondary N) is 1. The van der Waals surface area contributed by atoms with Crippen LogP contribution in [-0.2, 0) is 4.79 Å². The summed E-state index contributed by atoms with van der Waals surface area (Å²) in [6, 6.07) is 8.19. The molecule has 1 aliphatic heterocycles. The molecule has 1 heterocycles. The van der Waals surface area contributed by atoms with E-state index in [0.29, 0.717) is 10.8 Å². The van der Waals surface area contributed by atoms with Crippen molar-refractivity contribution >= 4 is 16.7 Å². The van der Waals surface area contributed by atoms with E-state index >= 15 is 0 Å². The van der Waals surface area contributed by atoms with E-state index in [0.717, 1.165) is 5.01 Å². The highest BCUT2D eigenvalue weighted by atomic mass is 19.4. The Hall–Kier alpha value is -2.28. The van der Waals surface area contributed by atoms with Gasteiger partial charge in [0.05, 0.1) is 11.5 Å². The Morgan fingerprint density at radius 1 is 1.15 bits per heavy atom. The fraction of sp³-hybridized carbons (Fsp3) is 0.450. The zero-order chi connectivity index (χ0) is 20.0. The zero-order valence-corrected chi connectivity index (χ0v) is 15.7. The number of amides is 1. The van der Waals surface area contributed by atoms with Gasteiger partial charge in [0.2, 0.25) is 5.91 Å². The Labute approximate surface area is 156 Å². The Bertz CT molecular complexity index is 862. The summed E-state index contributed by atoms with van der Waals surface area (Å²) in [5, 5.41) is 2.12. The van der Waals surface area contributed by atoms with E-state index in [9.17, 15) is 18.0 Å². The van der Waals surface area contributed by atoms with E-state index in [1.165, 1.54) is 0 Å². The molecular weight excluding hydrogens is 357 g/mol. The number of alkyl halides is 3. The molecule has 0 saturated carbocycles. The molecule has 1 atom stereocenters. The van der Waals surface area contributed by atoms with E-state index < -0.39 is 23.5 Å². The molecule has 3 rings (SSSR count). The van der Waals surface area contributed by atoms with Crippen LogP contribution in [0.25, 0.3) is 10.8 Å². The Balaban J connectivity index is 2.22. The van der Waals surface area contributed by atoms with Gasteiger partial charge < -0.3 is 4.74 Å². The second-order valence-electron chi connectivity index (χ2n) is 7.76. The van der Waals surface area contributed by atoms with E-state index in [-0.39, 0.29) is 24.0 Å². The molecule has 2 aromatic carbocycles. The lowest BCUT2D eigenvalue weighted by Crippen LogP contribution is -2.44. The number of hydrogen-bond acceptors (Lipinski definition) is 3. The number of halogens is 3. The molecule has 0 aliphatic carbocycles. The summed E-state index contributed by atoms with van der Waals surface area (Å²) in [7, 11) is 0. The monoisotopic (exact) mass is 380 g/mol. The number of ether oxygens (including phenoxy) is 1. The SMILES string of the molecule is CC(C)Oc1ccc2ccccc2c1[C@H](N1CC(C)(C)C(=O)N1)C(F)(F)F. The predicted octanol–water partition coefficient (Wildman–Crippen LogP) is 4.60. The number of carbonyl (C=O) groups excluding carboxylic acids is 1. The van der Waals surface area contributed by atoms with Crippen LogP contribution in [0.5, 0.6) is 5.75 Å². The van der Waals surface area contributed by atoms with E-state index in [1.54, 1.807) is 64.1 Å². The number of rotatable bonds is 4. The molecule has 1 aliphatic rings. The van der Waals surface area contributed by atoms with E-state index in [1.807, 2.05) is 0 Å². The molecule has 0 bridgehead atoms. The molecule has 27 heavy (non-hydrogen) atoms. The molecule has 0 radical (unpaired) electrons. The van der Waals surface area contributed by atoms with Crippen molar-refractivity contribution in [1.82, 2.24) is 10.4 Å². The highest BCUT2D eigenvalue weighted by Gasteiger charge is 2.52. The lowest BCUT2D eigenvalue weighted by atomic mass is 9.92. The third-order valence-corrected chi connectivity index (χ3v) is 4.61. The van der Waals surface area contributed by atoms with Gasteiger partial charge in [-0.2, -0.15) is 13.2 Å². The van der Waals surface area contributed by atoms with Crippen molar-refractivity contribution in [2.75, 3.05) is 6.54 Å². The molecular formula is C20H23F3N2O2. The number of hydrogen-bond donors (Lipinski definition) is 1. The number of nitrogens with zero attached hydrogens (tertiary/aromatic N) is 1. The van der Waals surface area contributed by atoms with Crippen molar-refractivity contribution in [1.29, 1.82) is 0 Å². The third kappa shape index (κ3) is 3.74. The van der Waals surface area contributed by atoms with Gasteiger partial charge in [-0.25, -0.2) is 5.01 Å². The molecule has 7 heteroatoms. The topological polar surface area (TPSA) is 41.6 Å². The molecule has 1 fully saturated rings. The van der Waals surface area contributed by atoms with Gasteiger partial charge in [-0.15, -0.1) is 0 Å². The molecule has 1 N–H and O–H groups in total. The molecule has 146 valence electrons. The van der Waals surface area contributed by atoms with Crippen LogP contribution in [0.4, 0.5) is 13.2 Å². The van der Waals surface area contributed by atoms with E-state index in [4.69, 9.17) is 4.74 Å². The largest absolute Gasteiger partial charge is 0.491 e. The molecule has 1 amide bonds. The molecule has 1 saturated heterocycles. The highest BCUT2D eigenvalue weighted by Crippen LogP contribution is 2.46. The smallest absolute Gasteiger partial charge is 0.410 e. The molecule has 0 unspecified atom stereocenters. The number of benzene rings is 2. The number of carbonyl (C=O) groups is 1. The molecule has 4 nitrogen and oxygen atoms in total. The molecule has 0 aromatic heterocycles. The quantitative estimate of drug-likeness (QED) is 0.843. The van der Waals surface area contributed by atoms with Crippen molar-refractivity contribution in [3.63, 3.8) is 0 Å². The van der Waals surface area contributed by atoms with Gasteiger partial charge in [-0.05, 0) is 44.5 Å². The fourth-order valence-corrected chi connectivity index (χ4v) is 3.39. The van der Waals surface area contributed by atoms with Crippen molar-refractivity contribution in [3.8, 4) is 5.75 Å². The minimum Gasteiger partial charge on any atom is -0.491 e. The fourth-order valence-electron chi connectivity index (χ4n) is 3.39. The van der Waals surface area contributed by atoms with Gasteiger partial charge >= 0.3 is 6.18 Å². The van der Waals surface area contributed by atoms with Crippen LogP contribution in [0.3, 0.4) is 0 Å². The highest BCUT2D eigenvalue weighted by molar-refractivity contribution is 5.89. The summed E-state index contributed by atoms with van der Waals surface area (Å²) in [5.74, 6) is -0.256. The van der Waals surface area contributed by atoms with Crippen molar-refractivity contribution in [3.05, 3.63) is 42.0 Å². The Morgan fingerprint density at radius 3 is 2.37 bits per heavy atom. The van der Waals surface area contributed by atoms with Gasteiger partial charge in [0.25, 0.3) is 0 Å². The minimum atomic E-state index is -4.60. The van der Waals surface area contributed by atoms with Gasteiger partial charge in [0.1, 0.15) is 5.75 Å². The normalized spacial score (nSPS) is 18.7. The van der Waals surface area contributed by atoms with E-state index in [2.05, 4.69) is 5.43 Å². The minimum absolute atomic E-state index is 0.0206. The van der Waals surface area contributed by atoms with Crippen LogP contribution in [0.2, 0.25) is 0 Å². The first kappa shape index (κ1) is 19.5. The lowest BCUT2D eigenvalue weighted by Gasteiger charge is -2.32. The second kappa shape index (κ2) is 6.71. The van der Waals surface area contributed by atoms with Gasteiger partial charge in [0, 0.05) is 12.1 Å². The average molecular weight is 380 g/mol. The summed E-state index contributed by atoms with van der Waals surface area (Å²) in [5.41, 5.74) is 1.52. The summed E-state index contributed by atoms with van der Waals surface area (Å²) < 4.78 is 48.4. The first-order chi connectivity index (χ1) is 12.5. The van der Waals surface area contributed by atoms with Gasteiger partial charge in [-0.1, -0.05) is 30.3 Å². The van der Waals surface area contributed by atoms with Crippen LogP contribution >= 0.6 is 0 Å².